The Kier molecular flexibility index (Phi) is 5.17. The smallest absolute Gasteiger partial charge is 0.232 e. The van der Waals surface area contributed by atoms with Crippen LogP contribution in [0.5, 0.6) is 0 Å². The lowest BCUT2D eigenvalue weighted by Crippen LogP contribution is -2.17. The fourth-order valence-electron chi connectivity index (χ4n) is 1.97. The minimum atomic E-state index is -3.70. The number of nitrogens with zero attached hydrogens (tertiary/aromatic N) is 3. The summed E-state index contributed by atoms with van der Waals surface area (Å²) in [5.74, 6) is -2.05. The van der Waals surface area contributed by atoms with Gasteiger partial charge in [0.1, 0.15) is 5.82 Å². The van der Waals surface area contributed by atoms with Crippen molar-refractivity contribution < 1.29 is 17.2 Å². The summed E-state index contributed by atoms with van der Waals surface area (Å²) >= 11 is 0. The molecular formula is C14H17F2N5O2S. The van der Waals surface area contributed by atoms with Gasteiger partial charge in [-0.25, -0.2) is 26.9 Å². The Morgan fingerprint density at radius 2 is 2.12 bits per heavy atom. The molecule has 0 aliphatic carbocycles. The van der Waals surface area contributed by atoms with Gasteiger partial charge in [-0.1, -0.05) is 6.92 Å². The number of nitrogens with one attached hydrogen (secondary N) is 1. The minimum Gasteiger partial charge on any atom is -0.368 e. The first kappa shape index (κ1) is 17.9. The van der Waals surface area contributed by atoms with Crippen LogP contribution in [0.2, 0.25) is 0 Å². The summed E-state index contributed by atoms with van der Waals surface area (Å²) in [4.78, 5) is 3.90. The monoisotopic (exact) mass is 357 g/mol. The van der Waals surface area contributed by atoms with Gasteiger partial charge in [0.25, 0.3) is 0 Å². The molecule has 2 rings (SSSR count). The van der Waals surface area contributed by atoms with E-state index in [1.165, 1.54) is 6.20 Å². The first-order valence-corrected chi connectivity index (χ1v) is 8.73. The number of nitrogens with two attached hydrogens (primary N) is 1. The number of sulfonamides is 1. The number of imidazole rings is 1. The predicted octanol–water partition coefficient (Wildman–Crippen LogP) is 2.09. The van der Waals surface area contributed by atoms with Crippen molar-refractivity contribution in [3.63, 3.8) is 0 Å². The number of hydrogen-bond donors (Lipinski definition) is 2. The maximum Gasteiger partial charge on any atom is 0.232 e. The van der Waals surface area contributed by atoms with Crippen molar-refractivity contribution in [1.29, 1.82) is 0 Å². The molecule has 0 saturated carbocycles. The Morgan fingerprint density at radius 1 is 1.42 bits per heavy atom. The van der Waals surface area contributed by atoms with Gasteiger partial charge in [0.15, 0.2) is 5.82 Å². The molecule has 0 amide bonds. The molecule has 0 aliphatic heterocycles. The molecule has 0 bridgehead atoms. The summed E-state index contributed by atoms with van der Waals surface area (Å²) in [7, 11) is -3.70. The van der Waals surface area contributed by atoms with Crippen LogP contribution in [-0.4, -0.2) is 30.0 Å². The maximum absolute atomic E-state index is 14.4. The van der Waals surface area contributed by atoms with Crippen molar-refractivity contribution in [3.05, 3.63) is 41.2 Å². The fraction of sp³-hybridized carbons (Fsp3) is 0.286. The van der Waals surface area contributed by atoms with Crippen molar-refractivity contribution in [2.75, 3.05) is 16.2 Å². The Hall–Kier alpha value is -2.49. The SMILES string of the molecule is CCCS(=O)(=O)Nc1ccc(F)c(C=Nn2cc(C)nc2N)c1F. The third-order valence-electron chi connectivity index (χ3n) is 3.01. The number of nitrogen functional groups attached to an aromatic ring is 1. The molecule has 1 aromatic carbocycles. The van der Waals surface area contributed by atoms with Crippen LogP contribution in [0.25, 0.3) is 0 Å². The third-order valence-corrected chi connectivity index (χ3v) is 4.49. The number of aryl methyl sites for hydroxylation is 1. The van der Waals surface area contributed by atoms with Crippen LogP contribution in [0.15, 0.2) is 23.4 Å². The molecule has 0 unspecified atom stereocenters. The standard InChI is InChI=1S/C14H17F2N5O2S/c1-3-6-24(22,23)20-12-5-4-11(15)10(13(12)16)7-18-21-8-9(2)19-14(21)17/h4-5,7-8,20H,3,6H2,1-2H3,(H2,17,19). The van der Waals surface area contributed by atoms with Gasteiger partial charge in [-0.3, -0.25) is 4.72 Å². The van der Waals surface area contributed by atoms with Gasteiger partial charge < -0.3 is 5.73 Å². The zero-order valence-corrected chi connectivity index (χ0v) is 13.9. The molecule has 1 heterocycles. The molecule has 1 aromatic heterocycles. The number of halogens is 2. The normalized spacial score (nSPS) is 12.0. The second-order valence-corrected chi connectivity index (χ2v) is 6.92. The van der Waals surface area contributed by atoms with E-state index in [-0.39, 0.29) is 17.4 Å². The largest absolute Gasteiger partial charge is 0.368 e. The maximum atomic E-state index is 14.4. The van der Waals surface area contributed by atoms with Gasteiger partial charge in [-0.15, -0.1) is 0 Å². The van der Waals surface area contributed by atoms with E-state index < -0.39 is 27.2 Å². The highest BCUT2D eigenvalue weighted by Crippen LogP contribution is 2.21. The molecule has 7 nitrogen and oxygen atoms in total. The molecule has 0 saturated heterocycles. The van der Waals surface area contributed by atoms with E-state index >= 15 is 0 Å². The van der Waals surface area contributed by atoms with Crippen LogP contribution in [0.1, 0.15) is 24.6 Å². The Bertz CT molecular complexity index is 878. The molecule has 0 fully saturated rings. The van der Waals surface area contributed by atoms with E-state index in [0.717, 1.165) is 23.0 Å². The van der Waals surface area contributed by atoms with Gasteiger partial charge in [-0.2, -0.15) is 5.10 Å². The van der Waals surface area contributed by atoms with E-state index in [0.29, 0.717) is 12.1 Å². The molecule has 0 atom stereocenters. The number of anilines is 2. The zero-order valence-electron chi connectivity index (χ0n) is 13.1. The second kappa shape index (κ2) is 6.95. The van der Waals surface area contributed by atoms with Crippen LogP contribution in [-0.2, 0) is 10.0 Å². The average molecular weight is 357 g/mol. The van der Waals surface area contributed by atoms with Crippen LogP contribution < -0.4 is 10.5 Å². The van der Waals surface area contributed by atoms with Crippen LogP contribution >= 0.6 is 0 Å². The lowest BCUT2D eigenvalue weighted by atomic mass is 10.2. The summed E-state index contributed by atoms with van der Waals surface area (Å²) < 4.78 is 55.0. The van der Waals surface area contributed by atoms with Crippen molar-refractivity contribution in [3.8, 4) is 0 Å². The quantitative estimate of drug-likeness (QED) is 0.773. The molecule has 10 heteroatoms. The Labute approximate surface area is 138 Å². The topological polar surface area (TPSA) is 102 Å². The Morgan fingerprint density at radius 3 is 2.71 bits per heavy atom. The molecule has 24 heavy (non-hydrogen) atoms. The number of hydrogen-bond acceptors (Lipinski definition) is 5. The minimum absolute atomic E-state index is 0.0596. The first-order valence-electron chi connectivity index (χ1n) is 7.08. The van der Waals surface area contributed by atoms with Crippen molar-refractivity contribution in [2.45, 2.75) is 20.3 Å². The first-order chi connectivity index (χ1) is 11.2. The highest BCUT2D eigenvalue weighted by molar-refractivity contribution is 7.92. The van der Waals surface area contributed by atoms with E-state index in [2.05, 4.69) is 14.8 Å². The summed E-state index contributed by atoms with van der Waals surface area (Å²) in [6.07, 6.45) is 2.76. The summed E-state index contributed by atoms with van der Waals surface area (Å²) in [6, 6.07) is 1.97. The van der Waals surface area contributed by atoms with Crippen molar-refractivity contribution in [1.82, 2.24) is 9.66 Å². The van der Waals surface area contributed by atoms with Gasteiger partial charge in [-0.05, 0) is 25.5 Å². The second-order valence-electron chi connectivity index (χ2n) is 5.07. The van der Waals surface area contributed by atoms with E-state index in [1.54, 1.807) is 13.8 Å². The molecule has 2 aromatic rings. The molecule has 0 spiro atoms. The molecular weight excluding hydrogens is 340 g/mol. The highest BCUT2D eigenvalue weighted by atomic mass is 32.2. The van der Waals surface area contributed by atoms with E-state index in [4.69, 9.17) is 5.73 Å². The summed E-state index contributed by atoms with van der Waals surface area (Å²) in [5, 5.41) is 3.84. The number of rotatable bonds is 6. The highest BCUT2D eigenvalue weighted by Gasteiger charge is 2.17. The molecule has 0 aliphatic rings. The van der Waals surface area contributed by atoms with Gasteiger partial charge >= 0.3 is 0 Å². The number of aromatic nitrogens is 2. The predicted molar refractivity (Wildman–Crippen MR) is 88.4 cm³/mol. The van der Waals surface area contributed by atoms with E-state index in [1.807, 2.05) is 0 Å². The molecule has 130 valence electrons. The van der Waals surface area contributed by atoms with Gasteiger partial charge in [0.2, 0.25) is 16.0 Å². The Balaban J connectivity index is 2.37. The van der Waals surface area contributed by atoms with Gasteiger partial charge in [0, 0.05) is 0 Å². The average Bonchev–Trinajstić information content (AvgIpc) is 2.80. The van der Waals surface area contributed by atoms with Crippen molar-refractivity contribution in [2.24, 2.45) is 5.10 Å². The van der Waals surface area contributed by atoms with Crippen LogP contribution in [0.3, 0.4) is 0 Å². The number of benzene rings is 1. The van der Waals surface area contributed by atoms with Gasteiger partial charge in [0.05, 0.1) is 35.1 Å². The lowest BCUT2D eigenvalue weighted by molar-refractivity contribution is 0.579. The zero-order chi connectivity index (χ0) is 17.9. The summed E-state index contributed by atoms with van der Waals surface area (Å²) in [6.45, 7) is 3.36. The summed E-state index contributed by atoms with van der Waals surface area (Å²) in [5.41, 5.74) is 5.34. The molecule has 0 radical (unpaired) electrons. The molecule has 3 N–H and O–H groups in total. The van der Waals surface area contributed by atoms with E-state index in [9.17, 15) is 17.2 Å². The van der Waals surface area contributed by atoms with Crippen LogP contribution in [0.4, 0.5) is 20.4 Å². The lowest BCUT2D eigenvalue weighted by Gasteiger charge is -2.10. The fourth-order valence-corrected chi connectivity index (χ4v) is 3.10. The third kappa shape index (κ3) is 4.07. The van der Waals surface area contributed by atoms with Crippen LogP contribution in [0, 0.1) is 18.6 Å². The van der Waals surface area contributed by atoms with Crippen molar-refractivity contribution >= 4 is 27.9 Å².